The second-order valence-corrected chi connectivity index (χ2v) is 5.47. The van der Waals surface area contributed by atoms with Gasteiger partial charge in [-0.25, -0.2) is 0 Å². The molecule has 0 N–H and O–H groups in total. The van der Waals surface area contributed by atoms with Crippen LogP contribution in [0.25, 0.3) is 10.9 Å². The van der Waals surface area contributed by atoms with Crippen LogP contribution in [0, 0.1) is 6.92 Å². The molecule has 2 aromatic heterocycles. The molecule has 3 nitrogen and oxygen atoms in total. The van der Waals surface area contributed by atoms with Gasteiger partial charge in [0.05, 0.1) is 23.4 Å². The molecule has 0 unspecified atom stereocenters. The second kappa shape index (κ2) is 5.08. The number of hydrogen-bond acceptors (Lipinski definition) is 2. The highest BCUT2D eigenvalue weighted by Gasteiger charge is 2.08. The SMILES string of the molecule is Cc1nn(Cc2cccc(C(C)C)n2)c2ccccc12. The minimum absolute atomic E-state index is 0.450. The zero-order chi connectivity index (χ0) is 14.1. The number of nitrogens with zero attached hydrogens (tertiary/aromatic N) is 3. The van der Waals surface area contributed by atoms with E-state index in [4.69, 9.17) is 4.98 Å². The zero-order valence-electron chi connectivity index (χ0n) is 12.2. The van der Waals surface area contributed by atoms with Crippen LogP contribution in [0.4, 0.5) is 0 Å². The predicted molar refractivity (Wildman–Crippen MR) is 81.9 cm³/mol. The van der Waals surface area contributed by atoms with E-state index in [0.717, 1.165) is 23.6 Å². The third kappa shape index (κ3) is 2.31. The summed E-state index contributed by atoms with van der Waals surface area (Å²) in [5, 5.41) is 5.85. The first-order chi connectivity index (χ1) is 9.65. The van der Waals surface area contributed by atoms with Gasteiger partial charge in [0.2, 0.25) is 0 Å². The molecule has 0 aliphatic rings. The van der Waals surface area contributed by atoms with Crippen LogP contribution in [-0.2, 0) is 6.54 Å². The van der Waals surface area contributed by atoms with Gasteiger partial charge < -0.3 is 0 Å². The van der Waals surface area contributed by atoms with Crippen molar-refractivity contribution >= 4 is 10.9 Å². The van der Waals surface area contributed by atoms with Gasteiger partial charge in [-0.05, 0) is 31.0 Å². The zero-order valence-corrected chi connectivity index (χ0v) is 12.2. The summed E-state index contributed by atoms with van der Waals surface area (Å²) in [5.74, 6) is 0.450. The maximum atomic E-state index is 4.72. The summed E-state index contributed by atoms with van der Waals surface area (Å²) in [7, 11) is 0. The molecule has 102 valence electrons. The third-order valence-corrected chi connectivity index (χ3v) is 3.57. The van der Waals surface area contributed by atoms with Crippen molar-refractivity contribution in [2.45, 2.75) is 33.2 Å². The van der Waals surface area contributed by atoms with E-state index < -0.39 is 0 Å². The first-order valence-corrected chi connectivity index (χ1v) is 7.03. The van der Waals surface area contributed by atoms with E-state index in [1.807, 2.05) is 4.68 Å². The molecule has 0 spiro atoms. The Morgan fingerprint density at radius 1 is 1.05 bits per heavy atom. The van der Waals surface area contributed by atoms with Gasteiger partial charge in [-0.15, -0.1) is 0 Å². The lowest BCUT2D eigenvalue weighted by Gasteiger charge is -2.08. The van der Waals surface area contributed by atoms with Crippen LogP contribution < -0.4 is 0 Å². The third-order valence-electron chi connectivity index (χ3n) is 3.57. The molecular weight excluding hydrogens is 246 g/mol. The molecule has 1 aromatic carbocycles. The minimum Gasteiger partial charge on any atom is -0.259 e. The Kier molecular flexibility index (Phi) is 3.26. The van der Waals surface area contributed by atoms with Crippen molar-refractivity contribution in [3.05, 3.63) is 59.5 Å². The van der Waals surface area contributed by atoms with Crippen molar-refractivity contribution in [1.29, 1.82) is 0 Å². The van der Waals surface area contributed by atoms with Gasteiger partial charge in [0.1, 0.15) is 0 Å². The van der Waals surface area contributed by atoms with Crippen LogP contribution in [0.2, 0.25) is 0 Å². The smallest absolute Gasteiger partial charge is 0.0838 e. The Hall–Kier alpha value is -2.16. The summed E-state index contributed by atoms with van der Waals surface area (Å²) >= 11 is 0. The van der Waals surface area contributed by atoms with Gasteiger partial charge in [-0.3, -0.25) is 9.67 Å². The summed E-state index contributed by atoms with van der Waals surface area (Å²) < 4.78 is 2.04. The van der Waals surface area contributed by atoms with E-state index >= 15 is 0 Å². The molecule has 0 saturated heterocycles. The second-order valence-electron chi connectivity index (χ2n) is 5.47. The van der Waals surface area contributed by atoms with Crippen LogP contribution in [0.1, 0.15) is 36.8 Å². The van der Waals surface area contributed by atoms with E-state index in [2.05, 4.69) is 68.3 Å². The normalized spacial score (nSPS) is 11.4. The van der Waals surface area contributed by atoms with Gasteiger partial charge in [-0.1, -0.05) is 38.1 Å². The van der Waals surface area contributed by atoms with Crippen LogP contribution in [-0.4, -0.2) is 14.8 Å². The van der Waals surface area contributed by atoms with E-state index in [1.54, 1.807) is 0 Å². The molecule has 3 heteroatoms. The highest BCUT2D eigenvalue weighted by molar-refractivity contribution is 5.81. The van der Waals surface area contributed by atoms with E-state index in [-0.39, 0.29) is 0 Å². The number of pyridine rings is 1. The lowest BCUT2D eigenvalue weighted by molar-refractivity contribution is 0.679. The molecule has 0 aliphatic heterocycles. The first kappa shape index (κ1) is 12.9. The standard InChI is InChI=1S/C17H19N3/c1-12(2)16-9-6-7-14(18-16)11-20-17-10-5-4-8-15(17)13(3)19-20/h4-10,12H,11H2,1-3H3. The molecule has 0 aliphatic carbocycles. The van der Waals surface area contributed by atoms with Gasteiger partial charge in [0.15, 0.2) is 0 Å². The fourth-order valence-corrected chi connectivity index (χ4v) is 2.48. The average molecular weight is 265 g/mol. The van der Waals surface area contributed by atoms with Crippen LogP contribution in [0.3, 0.4) is 0 Å². The highest BCUT2D eigenvalue weighted by Crippen LogP contribution is 2.19. The molecule has 0 bridgehead atoms. The lowest BCUT2D eigenvalue weighted by Crippen LogP contribution is -2.05. The Morgan fingerprint density at radius 2 is 1.85 bits per heavy atom. The maximum Gasteiger partial charge on any atom is 0.0838 e. The molecular formula is C17H19N3. The summed E-state index contributed by atoms with van der Waals surface area (Å²) in [6.07, 6.45) is 0. The number of aromatic nitrogens is 3. The summed E-state index contributed by atoms with van der Waals surface area (Å²) in [6.45, 7) is 7.10. The van der Waals surface area contributed by atoms with Gasteiger partial charge in [-0.2, -0.15) is 5.10 Å². The molecule has 0 amide bonds. The lowest BCUT2D eigenvalue weighted by atomic mass is 10.1. The van der Waals surface area contributed by atoms with E-state index in [0.29, 0.717) is 5.92 Å². The molecule has 0 fully saturated rings. The predicted octanol–water partition coefficient (Wildman–Crippen LogP) is 3.91. The Bertz CT molecular complexity index is 741. The fraction of sp³-hybridized carbons (Fsp3) is 0.294. The van der Waals surface area contributed by atoms with Crippen molar-refractivity contribution in [2.24, 2.45) is 0 Å². The summed E-state index contributed by atoms with van der Waals surface area (Å²) in [5.41, 5.74) is 4.43. The van der Waals surface area contributed by atoms with E-state index in [1.165, 1.54) is 10.9 Å². The monoisotopic (exact) mass is 265 g/mol. The van der Waals surface area contributed by atoms with Crippen molar-refractivity contribution in [3.8, 4) is 0 Å². The molecule has 3 rings (SSSR count). The number of hydrogen-bond donors (Lipinski definition) is 0. The van der Waals surface area contributed by atoms with Crippen LogP contribution >= 0.6 is 0 Å². The molecule has 0 saturated carbocycles. The topological polar surface area (TPSA) is 30.7 Å². The average Bonchev–Trinajstić information content (AvgIpc) is 2.76. The highest BCUT2D eigenvalue weighted by atomic mass is 15.3. The Balaban J connectivity index is 1.99. The van der Waals surface area contributed by atoms with Gasteiger partial charge >= 0.3 is 0 Å². The van der Waals surface area contributed by atoms with Gasteiger partial charge in [0, 0.05) is 11.1 Å². The maximum absolute atomic E-state index is 4.72. The number of aryl methyl sites for hydroxylation is 1. The number of rotatable bonds is 3. The molecule has 3 aromatic rings. The van der Waals surface area contributed by atoms with Crippen molar-refractivity contribution in [1.82, 2.24) is 14.8 Å². The molecule has 0 atom stereocenters. The summed E-state index contributed by atoms with van der Waals surface area (Å²) in [4.78, 5) is 4.72. The van der Waals surface area contributed by atoms with E-state index in [9.17, 15) is 0 Å². The Labute approximate surface area is 119 Å². The quantitative estimate of drug-likeness (QED) is 0.718. The molecule has 20 heavy (non-hydrogen) atoms. The number of fused-ring (bicyclic) bond motifs is 1. The van der Waals surface area contributed by atoms with Gasteiger partial charge in [0.25, 0.3) is 0 Å². The Morgan fingerprint density at radius 3 is 2.65 bits per heavy atom. The molecule has 0 radical (unpaired) electrons. The number of para-hydroxylation sites is 1. The first-order valence-electron chi connectivity index (χ1n) is 7.03. The fourth-order valence-electron chi connectivity index (χ4n) is 2.48. The van der Waals surface area contributed by atoms with Crippen molar-refractivity contribution in [2.75, 3.05) is 0 Å². The van der Waals surface area contributed by atoms with Crippen LogP contribution in [0.5, 0.6) is 0 Å². The van der Waals surface area contributed by atoms with Crippen molar-refractivity contribution < 1.29 is 0 Å². The largest absolute Gasteiger partial charge is 0.259 e. The summed E-state index contributed by atoms with van der Waals surface area (Å²) in [6, 6.07) is 14.6. The number of benzene rings is 1. The van der Waals surface area contributed by atoms with Crippen LogP contribution in [0.15, 0.2) is 42.5 Å². The molecule has 2 heterocycles. The minimum atomic E-state index is 0.450. The van der Waals surface area contributed by atoms with Crippen molar-refractivity contribution in [3.63, 3.8) is 0 Å².